The zero-order valence-electron chi connectivity index (χ0n) is 9.42. The Balaban J connectivity index is 1.76. The lowest BCUT2D eigenvalue weighted by molar-refractivity contribution is -0.137. The molecule has 0 aliphatic carbocycles. The van der Waals surface area contributed by atoms with Crippen LogP contribution >= 0.6 is 23.1 Å². The molecule has 1 atom stereocenters. The second-order valence-corrected chi connectivity index (χ2v) is 6.16. The fraction of sp³-hybridized carbons (Fsp3) is 0.333. The van der Waals surface area contributed by atoms with Crippen LogP contribution in [0.25, 0.3) is 6.08 Å². The van der Waals surface area contributed by atoms with Crippen LogP contribution in [0.2, 0.25) is 0 Å². The van der Waals surface area contributed by atoms with Gasteiger partial charge in [-0.15, -0.1) is 23.1 Å². The van der Waals surface area contributed by atoms with Crippen LogP contribution < -0.4 is 0 Å². The minimum atomic E-state index is 0.238. The molecular formula is C12H12N2OS2. The first kappa shape index (κ1) is 11.0. The predicted molar refractivity (Wildman–Crippen MR) is 71.7 cm³/mol. The number of aromatic nitrogens is 1. The van der Waals surface area contributed by atoms with Gasteiger partial charge < -0.3 is 4.90 Å². The van der Waals surface area contributed by atoms with Gasteiger partial charge in [-0.1, -0.05) is 6.08 Å². The highest BCUT2D eigenvalue weighted by atomic mass is 32.2. The molecule has 3 rings (SSSR count). The normalized spacial score (nSPS) is 23.6. The van der Waals surface area contributed by atoms with E-state index in [-0.39, 0.29) is 5.91 Å². The smallest absolute Gasteiger partial charge is 0.230 e. The second-order valence-electron chi connectivity index (χ2n) is 4.11. The number of hydrogen-bond donors (Lipinski definition) is 0. The third-order valence-electron chi connectivity index (χ3n) is 2.93. The van der Waals surface area contributed by atoms with E-state index in [9.17, 15) is 4.79 Å². The Kier molecular flexibility index (Phi) is 2.80. The minimum Gasteiger partial charge on any atom is -0.306 e. The average molecular weight is 264 g/mol. The van der Waals surface area contributed by atoms with E-state index in [1.54, 1.807) is 11.3 Å². The lowest BCUT2D eigenvalue weighted by Gasteiger charge is -2.40. The third-order valence-corrected chi connectivity index (χ3v) is 5.10. The Morgan fingerprint density at radius 3 is 3.12 bits per heavy atom. The number of fused-ring (bicyclic) bond motifs is 1. The van der Waals surface area contributed by atoms with Crippen molar-refractivity contribution in [3.63, 3.8) is 0 Å². The molecule has 0 spiro atoms. The molecule has 0 bridgehead atoms. The van der Waals surface area contributed by atoms with Crippen molar-refractivity contribution in [2.45, 2.75) is 18.7 Å². The number of aryl methyl sites for hydroxylation is 1. The van der Waals surface area contributed by atoms with Gasteiger partial charge in [0.25, 0.3) is 0 Å². The van der Waals surface area contributed by atoms with Crippen molar-refractivity contribution < 1.29 is 4.79 Å². The number of amides is 1. The lowest BCUT2D eigenvalue weighted by atomic mass is 10.2. The van der Waals surface area contributed by atoms with Crippen molar-refractivity contribution in [1.29, 1.82) is 0 Å². The molecule has 1 aromatic heterocycles. The zero-order valence-corrected chi connectivity index (χ0v) is 11.1. The van der Waals surface area contributed by atoms with Crippen LogP contribution in [0.15, 0.2) is 23.4 Å². The van der Waals surface area contributed by atoms with E-state index in [4.69, 9.17) is 0 Å². The van der Waals surface area contributed by atoms with Gasteiger partial charge in [0, 0.05) is 16.8 Å². The van der Waals surface area contributed by atoms with Gasteiger partial charge in [-0.3, -0.25) is 4.79 Å². The summed E-state index contributed by atoms with van der Waals surface area (Å²) in [4.78, 5) is 18.6. The molecule has 5 heteroatoms. The van der Waals surface area contributed by atoms with Crippen LogP contribution in [0.3, 0.4) is 0 Å². The fourth-order valence-electron chi connectivity index (χ4n) is 1.85. The van der Waals surface area contributed by atoms with Crippen molar-refractivity contribution in [2.75, 3.05) is 5.75 Å². The van der Waals surface area contributed by atoms with Gasteiger partial charge in [-0.2, -0.15) is 0 Å². The first-order chi connectivity index (χ1) is 8.24. The number of hydrogen-bond acceptors (Lipinski definition) is 4. The zero-order chi connectivity index (χ0) is 11.8. The molecule has 3 heterocycles. The molecule has 1 amide bonds. The lowest BCUT2D eigenvalue weighted by Crippen LogP contribution is -2.48. The van der Waals surface area contributed by atoms with E-state index in [1.165, 1.54) is 10.5 Å². The van der Waals surface area contributed by atoms with E-state index in [0.29, 0.717) is 11.8 Å². The van der Waals surface area contributed by atoms with Gasteiger partial charge in [0.2, 0.25) is 5.91 Å². The van der Waals surface area contributed by atoms with Crippen molar-refractivity contribution in [1.82, 2.24) is 9.88 Å². The molecule has 0 aromatic carbocycles. The van der Waals surface area contributed by atoms with Crippen LogP contribution in [0.1, 0.15) is 17.0 Å². The molecule has 17 heavy (non-hydrogen) atoms. The van der Waals surface area contributed by atoms with Crippen LogP contribution in [0, 0.1) is 6.92 Å². The Bertz CT molecular complexity index is 518. The summed E-state index contributed by atoms with van der Waals surface area (Å²) in [6.07, 6.45) is 6.87. The molecule has 2 aliphatic rings. The monoisotopic (exact) mass is 264 g/mol. The first-order valence-corrected chi connectivity index (χ1v) is 7.38. The molecule has 0 radical (unpaired) electrons. The topological polar surface area (TPSA) is 33.2 Å². The summed E-state index contributed by atoms with van der Waals surface area (Å²) in [7, 11) is 0. The SMILES string of the molecule is Cc1ncsc1C=CC1=CN2C(=O)C[C@H]2SC1. The molecule has 1 aromatic rings. The van der Waals surface area contributed by atoms with Gasteiger partial charge in [0.1, 0.15) is 0 Å². The van der Waals surface area contributed by atoms with E-state index in [1.807, 2.05) is 35.3 Å². The predicted octanol–water partition coefficient (Wildman–Crippen LogP) is 2.65. The highest BCUT2D eigenvalue weighted by Crippen LogP contribution is 2.35. The molecule has 0 N–H and O–H groups in total. The summed E-state index contributed by atoms with van der Waals surface area (Å²) in [6, 6.07) is 0. The number of carbonyl (C=O) groups is 1. The average Bonchev–Trinajstić information content (AvgIpc) is 2.72. The van der Waals surface area contributed by atoms with E-state index in [0.717, 1.165) is 11.4 Å². The van der Waals surface area contributed by atoms with Crippen LogP contribution in [-0.2, 0) is 4.79 Å². The summed E-state index contributed by atoms with van der Waals surface area (Å²) in [5, 5.41) is 0.393. The Hall–Kier alpha value is -1.07. The van der Waals surface area contributed by atoms with E-state index >= 15 is 0 Å². The quantitative estimate of drug-likeness (QED) is 0.770. The molecular weight excluding hydrogens is 252 g/mol. The number of thiazole rings is 1. The molecule has 1 saturated heterocycles. The van der Waals surface area contributed by atoms with Gasteiger partial charge in [0.05, 0.1) is 23.0 Å². The summed E-state index contributed by atoms with van der Waals surface area (Å²) in [5.74, 6) is 1.23. The van der Waals surface area contributed by atoms with Crippen molar-refractivity contribution in [3.05, 3.63) is 33.9 Å². The molecule has 1 fully saturated rings. The summed E-state index contributed by atoms with van der Waals surface area (Å²) < 4.78 is 0. The van der Waals surface area contributed by atoms with E-state index < -0.39 is 0 Å². The maximum absolute atomic E-state index is 11.3. The molecule has 2 aliphatic heterocycles. The number of nitrogens with zero attached hydrogens (tertiary/aromatic N) is 2. The summed E-state index contributed by atoms with van der Waals surface area (Å²) in [6.45, 7) is 2.01. The summed E-state index contributed by atoms with van der Waals surface area (Å²) in [5.41, 5.74) is 4.12. The molecule has 0 saturated carbocycles. The number of thioether (sulfide) groups is 1. The Morgan fingerprint density at radius 2 is 2.41 bits per heavy atom. The largest absolute Gasteiger partial charge is 0.306 e. The number of β-lactam (4-membered cyclic amide) rings is 1. The van der Waals surface area contributed by atoms with Gasteiger partial charge in [-0.25, -0.2) is 4.98 Å². The van der Waals surface area contributed by atoms with Crippen LogP contribution in [0.4, 0.5) is 0 Å². The van der Waals surface area contributed by atoms with Crippen molar-refractivity contribution in [3.8, 4) is 0 Å². The molecule has 0 unspecified atom stereocenters. The minimum absolute atomic E-state index is 0.238. The first-order valence-electron chi connectivity index (χ1n) is 5.45. The molecule has 88 valence electrons. The Labute approximate surface area is 108 Å². The van der Waals surface area contributed by atoms with Gasteiger partial charge in [-0.05, 0) is 18.6 Å². The third kappa shape index (κ3) is 2.05. The van der Waals surface area contributed by atoms with Crippen molar-refractivity contribution >= 4 is 35.1 Å². The highest BCUT2D eigenvalue weighted by molar-refractivity contribution is 8.00. The Morgan fingerprint density at radius 1 is 1.53 bits per heavy atom. The second kappa shape index (κ2) is 4.31. The fourth-order valence-corrected chi connectivity index (χ4v) is 3.70. The van der Waals surface area contributed by atoms with E-state index in [2.05, 4.69) is 17.1 Å². The van der Waals surface area contributed by atoms with Gasteiger partial charge >= 0.3 is 0 Å². The van der Waals surface area contributed by atoms with Crippen LogP contribution in [0.5, 0.6) is 0 Å². The summed E-state index contributed by atoms with van der Waals surface area (Å²) >= 11 is 3.48. The maximum atomic E-state index is 11.3. The number of allylic oxidation sites excluding steroid dienone is 1. The number of rotatable bonds is 2. The van der Waals surface area contributed by atoms with Crippen molar-refractivity contribution in [2.24, 2.45) is 0 Å². The standard InChI is InChI=1S/C12H12N2OS2/c1-8-10(17-7-13-8)3-2-9-5-14-11(15)4-12(14)16-6-9/h2-3,5,7,12H,4,6H2,1H3/t12-/m1/s1. The highest BCUT2D eigenvalue weighted by Gasteiger charge is 2.37. The van der Waals surface area contributed by atoms with Crippen LogP contribution in [-0.4, -0.2) is 26.9 Å². The van der Waals surface area contributed by atoms with Gasteiger partial charge in [0.15, 0.2) is 0 Å². The number of carbonyl (C=O) groups excluding carboxylic acids is 1. The maximum Gasteiger partial charge on any atom is 0.230 e. The molecule has 3 nitrogen and oxygen atoms in total.